The van der Waals surface area contributed by atoms with Crippen LogP contribution in [0.5, 0.6) is 0 Å². The van der Waals surface area contributed by atoms with Crippen molar-refractivity contribution in [1.82, 2.24) is 9.97 Å². The van der Waals surface area contributed by atoms with Crippen LogP contribution < -0.4 is 9.80 Å². The van der Waals surface area contributed by atoms with Crippen molar-refractivity contribution in [3.63, 3.8) is 0 Å². The number of halogens is 3. The average molecular weight is 331 g/mol. The number of hydrogen-bond donors (Lipinski definition) is 0. The van der Waals surface area contributed by atoms with Gasteiger partial charge in [0, 0.05) is 25.9 Å². The average Bonchev–Trinajstić information content (AvgIpc) is 2.82. The van der Waals surface area contributed by atoms with Crippen molar-refractivity contribution in [2.24, 2.45) is 0 Å². The quantitative estimate of drug-likeness (QED) is 0.782. The highest BCUT2D eigenvalue weighted by Crippen LogP contribution is 2.43. The van der Waals surface area contributed by atoms with Crippen molar-refractivity contribution in [3.8, 4) is 0 Å². The monoisotopic (exact) mass is 330 g/mol. The normalized spacial score (nSPS) is 27.2. The number of likely N-dealkylation sites (N-methyl/N-ethyl adjacent to an activating group) is 1. The summed E-state index contributed by atoms with van der Waals surface area (Å²) in [4.78, 5) is 23.9. The molecule has 3 rings (SSSR count). The Morgan fingerprint density at radius 2 is 2.23 bits per heavy atom. The first-order valence-electron chi connectivity index (χ1n) is 7.30. The summed E-state index contributed by atoms with van der Waals surface area (Å²) >= 11 is 5.88. The van der Waals surface area contributed by atoms with Crippen LogP contribution in [0.1, 0.15) is 32.6 Å². The van der Waals surface area contributed by atoms with E-state index in [9.17, 15) is 13.6 Å². The maximum absolute atomic E-state index is 13.6. The zero-order valence-electron chi connectivity index (χ0n) is 12.4. The van der Waals surface area contributed by atoms with E-state index in [2.05, 4.69) is 9.97 Å². The third-order valence-corrected chi connectivity index (χ3v) is 4.62. The van der Waals surface area contributed by atoms with E-state index in [1.807, 2.05) is 6.92 Å². The van der Waals surface area contributed by atoms with Gasteiger partial charge in [-0.05, 0) is 24.4 Å². The Balaban J connectivity index is 2.07. The first-order chi connectivity index (χ1) is 10.3. The number of carbonyl (C=O) groups excluding carboxylic acids is 1. The zero-order chi connectivity index (χ0) is 16.1. The summed E-state index contributed by atoms with van der Waals surface area (Å²) in [5, 5.41) is 0.0473. The summed E-state index contributed by atoms with van der Waals surface area (Å²) in [7, 11) is 1.64. The topological polar surface area (TPSA) is 49.3 Å². The Bertz CT molecular complexity index is 613. The standard InChI is InChI=1S/C14H17ClF2N4O/c1-3-9-12(22)20(2)10-7-18-13(15)19-11(10)21(9)8-4-5-14(16,17)6-8/h7-9H,3-6H2,1-2H3/t8?,9-/m1/s1. The molecular weight excluding hydrogens is 314 g/mol. The second-order valence-corrected chi connectivity index (χ2v) is 6.17. The zero-order valence-corrected chi connectivity index (χ0v) is 13.1. The number of alkyl halides is 2. The number of nitrogens with zero attached hydrogens (tertiary/aromatic N) is 4. The lowest BCUT2D eigenvalue weighted by Gasteiger charge is -2.43. The molecule has 8 heteroatoms. The molecule has 1 aliphatic heterocycles. The first kappa shape index (κ1) is 15.4. The molecule has 1 unspecified atom stereocenters. The molecule has 22 heavy (non-hydrogen) atoms. The predicted molar refractivity (Wildman–Crippen MR) is 79.6 cm³/mol. The van der Waals surface area contributed by atoms with Crippen LogP contribution in [-0.4, -0.2) is 40.9 Å². The van der Waals surface area contributed by atoms with Gasteiger partial charge >= 0.3 is 0 Å². The number of hydrogen-bond acceptors (Lipinski definition) is 4. The highest BCUT2D eigenvalue weighted by atomic mass is 35.5. The largest absolute Gasteiger partial charge is 0.339 e. The molecule has 1 aliphatic carbocycles. The first-order valence-corrected chi connectivity index (χ1v) is 7.68. The highest BCUT2D eigenvalue weighted by Gasteiger charge is 2.47. The number of rotatable bonds is 2. The van der Waals surface area contributed by atoms with Crippen LogP contribution in [0.25, 0.3) is 0 Å². The molecule has 0 aromatic carbocycles. The number of aromatic nitrogens is 2. The van der Waals surface area contributed by atoms with Crippen LogP contribution in [0, 0.1) is 0 Å². The highest BCUT2D eigenvalue weighted by molar-refractivity contribution is 6.28. The van der Waals surface area contributed by atoms with Crippen LogP contribution in [0.2, 0.25) is 5.28 Å². The summed E-state index contributed by atoms with van der Waals surface area (Å²) in [5.41, 5.74) is 0.509. The predicted octanol–water partition coefficient (Wildman–Crippen LogP) is 2.88. The van der Waals surface area contributed by atoms with Gasteiger partial charge in [0.1, 0.15) is 11.7 Å². The third kappa shape index (κ3) is 2.41. The summed E-state index contributed by atoms with van der Waals surface area (Å²) in [6, 6.07) is -0.912. The van der Waals surface area contributed by atoms with Gasteiger partial charge in [-0.2, -0.15) is 4.98 Å². The van der Waals surface area contributed by atoms with Gasteiger partial charge in [0.25, 0.3) is 0 Å². The lowest BCUT2D eigenvalue weighted by atomic mass is 10.0. The molecule has 2 atom stereocenters. The van der Waals surface area contributed by atoms with Gasteiger partial charge in [-0.3, -0.25) is 4.79 Å². The van der Waals surface area contributed by atoms with Crippen LogP contribution in [0.4, 0.5) is 20.3 Å². The minimum Gasteiger partial charge on any atom is -0.339 e. The molecule has 0 N–H and O–H groups in total. The Morgan fingerprint density at radius 3 is 2.82 bits per heavy atom. The summed E-state index contributed by atoms with van der Waals surface area (Å²) < 4.78 is 27.3. The van der Waals surface area contributed by atoms with Crippen LogP contribution in [0.15, 0.2) is 6.20 Å². The molecule has 1 saturated carbocycles. The summed E-state index contributed by atoms with van der Waals surface area (Å²) in [6.07, 6.45) is 1.90. The van der Waals surface area contributed by atoms with E-state index in [0.717, 1.165) is 0 Å². The molecule has 1 amide bonds. The van der Waals surface area contributed by atoms with Gasteiger partial charge in [0.15, 0.2) is 5.82 Å². The maximum Gasteiger partial charge on any atom is 0.250 e. The van der Waals surface area contributed by atoms with Gasteiger partial charge in [-0.25, -0.2) is 13.8 Å². The van der Waals surface area contributed by atoms with Crippen molar-refractivity contribution in [2.75, 3.05) is 16.8 Å². The molecule has 0 spiro atoms. The Kier molecular flexibility index (Phi) is 3.71. The van der Waals surface area contributed by atoms with Crippen molar-refractivity contribution in [1.29, 1.82) is 0 Å². The number of carbonyl (C=O) groups is 1. The second-order valence-electron chi connectivity index (χ2n) is 5.83. The van der Waals surface area contributed by atoms with E-state index in [4.69, 9.17) is 11.6 Å². The van der Waals surface area contributed by atoms with Crippen molar-refractivity contribution in [2.45, 2.75) is 50.6 Å². The van der Waals surface area contributed by atoms with E-state index >= 15 is 0 Å². The molecule has 0 radical (unpaired) electrons. The van der Waals surface area contributed by atoms with E-state index in [-0.39, 0.29) is 24.0 Å². The van der Waals surface area contributed by atoms with E-state index < -0.39 is 18.0 Å². The van der Waals surface area contributed by atoms with Crippen molar-refractivity contribution < 1.29 is 13.6 Å². The Labute approximate surface area is 132 Å². The molecule has 2 heterocycles. The van der Waals surface area contributed by atoms with Gasteiger partial charge in [0.2, 0.25) is 17.1 Å². The smallest absolute Gasteiger partial charge is 0.250 e. The van der Waals surface area contributed by atoms with Crippen LogP contribution in [-0.2, 0) is 4.79 Å². The molecule has 1 aromatic rings. The van der Waals surface area contributed by atoms with Gasteiger partial charge in [-0.15, -0.1) is 0 Å². The third-order valence-electron chi connectivity index (χ3n) is 4.44. The minimum atomic E-state index is -2.69. The van der Waals surface area contributed by atoms with E-state index in [1.165, 1.54) is 11.1 Å². The molecule has 0 bridgehead atoms. The molecule has 2 aliphatic rings. The molecule has 1 aromatic heterocycles. The van der Waals surface area contributed by atoms with E-state index in [1.54, 1.807) is 11.9 Å². The minimum absolute atomic E-state index is 0.0473. The van der Waals surface area contributed by atoms with E-state index in [0.29, 0.717) is 24.3 Å². The fraction of sp³-hybridized carbons (Fsp3) is 0.643. The van der Waals surface area contributed by atoms with Gasteiger partial charge in [-0.1, -0.05) is 6.92 Å². The number of fused-ring (bicyclic) bond motifs is 1. The van der Waals surface area contributed by atoms with Crippen molar-refractivity contribution in [3.05, 3.63) is 11.5 Å². The maximum atomic E-state index is 13.6. The Hall–Kier alpha value is -1.50. The molecular formula is C14H17ClF2N4O. The number of anilines is 2. The Morgan fingerprint density at radius 1 is 1.50 bits per heavy atom. The van der Waals surface area contributed by atoms with Crippen LogP contribution in [0.3, 0.4) is 0 Å². The molecule has 0 saturated heterocycles. The summed E-state index contributed by atoms with van der Waals surface area (Å²) in [5.74, 6) is -2.35. The van der Waals surface area contributed by atoms with Crippen LogP contribution >= 0.6 is 11.6 Å². The molecule has 1 fully saturated rings. The fourth-order valence-electron chi connectivity index (χ4n) is 3.34. The lowest BCUT2D eigenvalue weighted by molar-refractivity contribution is -0.120. The second kappa shape index (κ2) is 5.30. The number of amides is 1. The van der Waals surface area contributed by atoms with Gasteiger partial charge < -0.3 is 9.80 Å². The van der Waals surface area contributed by atoms with Gasteiger partial charge in [0.05, 0.1) is 6.20 Å². The SMILES string of the molecule is CC[C@@H]1C(=O)N(C)c2cnc(Cl)nc2N1C1CCC(F)(F)C1. The molecule has 120 valence electrons. The molecule has 5 nitrogen and oxygen atoms in total. The van der Waals surface area contributed by atoms with Crippen molar-refractivity contribution >= 4 is 29.0 Å². The fourth-order valence-corrected chi connectivity index (χ4v) is 3.47. The lowest BCUT2D eigenvalue weighted by Crippen LogP contribution is -2.55. The summed E-state index contributed by atoms with van der Waals surface area (Å²) in [6.45, 7) is 1.87.